The first-order chi connectivity index (χ1) is 11.2. The van der Waals surface area contributed by atoms with Gasteiger partial charge in [0.15, 0.2) is 0 Å². The van der Waals surface area contributed by atoms with Gasteiger partial charge in [-0.15, -0.1) is 0 Å². The van der Waals surface area contributed by atoms with Crippen molar-refractivity contribution in [1.29, 1.82) is 0 Å². The molecule has 2 unspecified atom stereocenters. The Kier molecular flexibility index (Phi) is 6.86. The van der Waals surface area contributed by atoms with Gasteiger partial charge in [-0.05, 0) is 29.9 Å². The maximum atomic E-state index is 12.5. The van der Waals surface area contributed by atoms with Crippen LogP contribution in [0.2, 0.25) is 0 Å². The third-order valence-electron chi connectivity index (χ3n) is 4.34. The molecule has 0 aliphatic carbocycles. The van der Waals surface area contributed by atoms with E-state index in [1.807, 2.05) is 36.4 Å². The Labute approximate surface area is 139 Å². The summed E-state index contributed by atoms with van der Waals surface area (Å²) >= 11 is 0. The summed E-state index contributed by atoms with van der Waals surface area (Å²) in [5, 5.41) is 3.13. The normalized spacial score (nSPS) is 13.3. The first-order valence-electron chi connectivity index (χ1n) is 8.60. The number of benzene rings is 2. The van der Waals surface area contributed by atoms with E-state index < -0.39 is 0 Å². The summed E-state index contributed by atoms with van der Waals surface area (Å²) in [6.07, 6.45) is 2.86. The van der Waals surface area contributed by atoms with E-state index in [1.165, 1.54) is 5.56 Å². The van der Waals surface area contributed by atoms with Crippen LogP contribution in [-0.2, 0) is 4.79 Å². The smallest absolute Gasteiger partial charge is 0.227 e. The van der Waals surface area contributed by atoms with Gasteiger partial charge >= 0.3 is 0 Å². The molecule has 0 radical (unpaired) electrons. The molecule has 122 valence electrons. The van der Waals surface area contributed by atoms with Crippen molar-refractivity contribution in [3.8, 4) is 0 Å². The quantitative estimate of drug-likeness (QED) is 0.740. The molecule has 2 aromatic rings. The lowest BCUT2D eigenvalue weighted by Gasteiger charge is -2.18. The Hall–Kier alpha value is -2.09. The molecular weight excluding hydrogens is 282 g/mol. The predicted molar refractivity (Wildman–Crippen MR) is 96.6 cm³/mol. The highest BCUT2D eigenvalue weighted by molar-refractivity contribution is 5.83. The maximum Gasteiger partial charge on any atom is 0.227 e. The minimum absolute atomic E-state index is 0.0340. The van der Waals surface area contributed by atoms with Gasteiger partial charge in [0.05, 0.1) is 5.92 Å². The van der Waals surface area contributed by atoms with E-state index in [9.17, 15) is 4.79 Å². The molecular formula is C21H27NO. The van der Waals surface area contributed by atoms with E-state index in [-0.39, 0.29) is 11.8 Å². The van der Waals surface area contributed by atoms with E-state index in [0.29, 0.717) is 5.92 Å². The van der Waals surface area contributed by atoms with E-state index in [4.69, 9.17) is 0 Å². The number of hydrogen-bond donors (Lipinski definition) is 1. The maximum absolute atomic E-state index is 12.5. The molecule has 0 bridgehead atoms. The third kappa shape index (κ3) is 5.24. The highest BCUT2D eigenvalue weighted by Crippen LogP contribution is 2.22. The summed E-state index contributed by atoms with van der Waals surface area (Å²) in [6.45, 7) is 5.06. The molecule has 23 heavy (non-hydrogen) atoms. The summed E-state index contributed by atoms with van der Waals surface area (Å²) in [5.41, 5.74) is 2.44. The Morgan fingerprint density at radius 3 is 2.04 bits per heavy atom. The number of rotatable bonds is 8. The van der Waals surface area contributed by atoms with Crippen molar-refractivity contribution < 1.29 is 4.79 Å². The highest BCUT2D eigenvalue weighted by Gasteiger charge is 2.19. The highest BCUT2D eigenvalue weighted by atomic mass is 16.1. The van der Waals surface area contributed by atoms with Crippen molar-refractivity contribution in [1.82, 2.24) is 5.32 Å². The van der Waals surface area contributed by atoms with Gasteiger partial charge in [0.1, 0.15) is 0 Å². The molecule has 1 amide bonds. The van der Waals surface area contributed by atoms with Crippen molar-refractivity contribution in [2.75, 3.05) is 6.54 Å². The summed E-state index contributed by atoms with van der Waals surface area (Å²) in [6, 6.07) is 20.6. The molecule has 2 nitrogen and oxygen atoms in total. The fraction of sp³-hybridized carbons (Fsp3) is 0.381. The zero-order valence-electron chi connectivity index (χ0n) is 14.2. The summed E-state index contributed by atoms with van der Waals surface area (Å²) in [5.74, 6) is 0.574. The van der Waals surface area contributed by atoms with Crippen LogP contribution >= 0.6 is 0 Å². The topological polar surface area (TPSA) is 29.1 Å². The second-order valence-electron chi connectivity index (χ2n) is 6.14. The Bertz CT molecular complexity index is 579. The van der Waals surface area contributed by atoms with Crippen molar-refractivity contribution >= 4 is 5.91 Å². The number of carbonyl (C=O) groups is 1. The van der Waals surface area contributed by atoms with Crippen LogP contribution < -0.4 is 5.32 Å². The average Bonchev–Trinajstić information content (AvgIpc) is 2.61. The van der Waals surface area contributed by atoms with E-state index in [2.05, 4.69) is 43.4 Å². The van der Waals surface area contributed by atoms with E-state index in [0.717, 1.165) is 31.4 Å². The van der Waals surface area contributed by atoms with Crippen LogP contribution in [0.4, 0.5) is 0 Å². The lowest BCUT2D eigenvalue weighted by molar-refractivity contribution is -0.122. The average molecular weight is 309 g/mol. The van der Waals surface area contributed by atoms with Gasteiger partial charge in [-0.1, -0.05) is 80.9 Å². The standard InChI is InChI=1S/C21H27NO/c1-3-10-20(19-13-8-5-9-14-19)21(23)22-16-15-17(2)18-11-6-4-7-12-18/h4-9,11-14,17,20H,3,10,15-16H2,1-2H3,(H,22,23). The van der Waals surface area contributed by atoms with Gasteiger partial charge in [-0.3, -0.25) is 4.79 Å². The summed E-state index contributed by atoms with van der Waals surface area (Å²) in [4.78, 5) is 12.5. The first kappa shape index (κ1) is 17.3. The van der Waals surface area contributed by atoms with Gasteiger partial charge in [0.2, 0.25) is 5.91 Å². The van der Waals surface area contributed by atoms with Crippen LogP contribution in [-0.4, -0.2) is 12.5 Å². The molecule has 2 atom stereocenters. The largest absolute Gasteiger partial charge is 0.356 e. The number of carbonyl (C=O) groups excluding carboxylic acids is 1. The first-order valence-corrected chi connectivity index (χ1v) is 8.60. The minimum Gasteiger partial charge on any atom is -0.356 e. The number of hydrogen-bond acceptors (Lipinski definition) is 1. The zero-order chi connectivity index (χ0) is 16.5. The van der Waals surface area contributed by atoms with E-state index in [1.54, 1.807) is 0 Å². The number of amides is 1. The van der Waals surface area contributed by atoms with Crippen molar-refractivity contribution in [2.24, 2.45) is 0 Å². The molecule has 0 saturated heterocycles. The predicted octanol–water partition coefficient (Wildman–Crippen LogP) is 4.88. The molecule has 0 aliphatic heterocycles. The minimum atomic E-state index is -0.0340. The van der Waals surface area contributed by atoms with Crippen molar-refractivity contribution in [2.45, 2.75) is 44.9 Å². The lowest BCUT2D eigenvalue weighted by Crippen LogP contribution is -2.30. The van der Waals surface area contributed by atoms with Crippen LogP contribution in [0.15, 0.2) is 60.7 Å². The fourth-order valence-corrected chi connectivity index (χ4v) is 2.91. The van der Waals surface area contributed by atoms with Gasteiger partial charge in [0.25, 0.3) is 0 Å². The van der Waals surface area contributed by atoms with Crippen LogP contribution in [0.25, 0.3) is 0 Å². The molecule has 2 heteroatoms. The molecule has 0 fully saturated rings. The third-order valence-corrected chi connectivity index (χ3v) is 4.34. The molecule has 2 rings (SSSR count). The van der Waals surface area contributed by atoms with E-state index >= 15 is 0 Å². The monoisotopic (exact) mass is 309 g/mol. The molecule has 0 aromatic heterocycles. The molecule has 0 saturated carbocycles. The van der Waals surface area contributed by atoms with Crippen LogP contribution in [0.3, 0.4) is 0 Å². The van der Waals surface area contributed by atoms with Gasteiger partial charge in [0, 0.05) is 6.54 Å². The molecule has 1 N–H and O–H groups in total. The second kappa shape index (κ2) is 9.14. The van der Waals surface area contributed by atoms with Crippen LogP contribution in [0, 0.1) is 0 Å². The van der Waals surface area contributed by atoms with Gasteiger partial charge in [-0.2, -0.15) is 0 Å². The molecule has 0 heterocycles. The molecule has 0 aliphatic rings. The summed E-state index contributed by atoms with van der Waals surface area (Å²) < 4.78 is 0. The Morgan fingerprint density at radius 1 is 0.913 bits per heavy atom. The number of nitrogens with one attached hydrogen (secondary N) is 1. The Balaban J connectivity index is 1.87. The molecule has 2 aromatic carbocycles. The molecule has 0 spiro atoms. The van der Waals surface area contributed by atoms with Crippen LogP contribution in [0.1, 0.15) is 56.1 Å². The lowest BCUT2D eigenvalue weighted by atomic mass is 9.93. The summed E-state index contributed by atoms with van der Waals surface area (Å²) in [7, 11) is 0. The van der Waals surface area contributed by atoms with Crippen molar-refractivity contribution in [3.05, 3.63) is 71.8 Å². The Morgan fingerprint density at radius 2 is 1.48 bits per heavy atom. The second-order valence-corrected chi connectivity index (χ2v) is 6.14. The zero-order valence-corrected chi connectivity index (χ0v) is 14.2. The fourth-order valence-electron chi connectivity index (χ4n) is 2.91. The SMILES string of the molecule is CCCC(C(=O)NCCC(C)c1ccccc1)c1ccccc1. The van der Waals surface area contributed by atoms with Crippen molar-refractivity contribution in [3.63, 3.8) is 0 Å². The van der Waals surface area contributed by atoms with Gasteiger partial charge < -0.3 is 5.32 Å². The van der Waals surface area contributed by atoms with Gasteiger partial charge in [-0.25, -0.2) is 0 Å². The van der Waals surface area contributed by atoms with Crippen LogP contribution in [0.5, 0.6) is 0 Å².